The van der Waals surface area contributed by atoms with Crippen LogP contribution in [0, 0.1) is 5.41 Å². The van der Waals surface area contributed by atoms with Gasteiger partial charge in [-0.25, -0.2) is 0 Å². The Balaban J connectivity index is 2.10. The average Bonchev–Trinajstić information content (AvgIpc) is 2.73. The largest absolute Gasteiger partial charge is 0.465 e. The number of Topliss-reactive ketones (excluding diaryl/α,β-unsaturated/α-hetero) is 1. The molecule has 1 aromatic rings. The van der Waals surface area contributed by atoms with E-state index in [-0.39, 0.29) is 11.8 Å². The minimum Gasteiger partial charge on any atom is -0.465 e. The lowest BCUT2D eigenvalue weighted by Crippen LogP contribution is -2.33. The highest BCUT2D eigenvalue weighted by Gasteiger charge is 2.47. The van der Waals surface area contributed by atoms with Gasteiger partial charge in [-0.05, 0) is 18.9 Å². The fourth-order valence-electron chi connectivity index (χ4n) is 2.17. The molecule has 0 unspecified atom stereocenters. The molecule has 2 rings (SSSR count). The zero-order valence-corrected chi connectivity index (χ0v) is 10.4. The molecule has 1 heterocycles. The van der Waals surface area contributed by atoms with Crippen LogP contribution in [0.4, 0.5) is 0 Å². The third-order valence-corrected chi connectivity index (χ3v) is 3.40. The number of allylic oxidation sites excluding steroid dienone is 1. The van der Waals surface area contributed by atoms with Gasteiger partial charge in [0.25, 0.3) is 0 Å². The summed E-state index contributed by atoms with van der Waals surface area (Å²) >= 11 is 0. The number of ketones is 1. The first-order chi connectivity index (χ1) is 8.65. The Labute approximate surface area is 106 Å². The van der Waals surface area contributed by atoms with Gasteiger partial charge in [-0.1, -0.05) is 42.5 Å². The summed E-state index contributed by atoms with van der Waals surface area (Å²) in [5.41, 5.74) is 0.105. The van der Waals surface area contributed by atoms with Crippen LogP contribution in [0.15, 0.2) is 36.4 Å². The summed E-state index contributed by atoms with van der Waals surface area (Å²) in [5, 5.41) is 0. The van der Waals surface area contributed by atoms with Gasteiger partial charge >= 0.3 is 5.97 Å². The first-order valence-corrected chi connectivity index (χ1v) is 6.05. The van der Waals surface area contributed by atoms with E-state index in [0.717, 1.165) is 5.56 Å². The molecule has 3 nitrogen and oxygen atoms in total. The second-order valence-electron chi connectivity index (χ2n) is 4.54. The molecule has 1 aromatic carbocycles. The van der Waals surface area contributed by atoms with Crippen molar-refractivity contribution in [1.82, 2.24) is 0 Å². The van der Waals surface area contributed by atoms with E-state index < -0.39 is 5.41 Å². The van der Waals surface area contributed by atoms with Gasteiger partial charge in [0, 0.05) is 6.42 Å². The van der Waals surface area contributed by atoms with E-state index in [9.17, 15) is 9.59 Å². The quantitative estimate of drug-likeness (QED) is 0.604. The van der Waals surface area contributed by atoms with Gasteiger partial charge in [0.05, 0.1) is 6.61 Å². The highest BCUT2D eigenvalue weighted by Crippen LogP contribution is 2.35. The van der Waals surface area contributed by atoms with E-state index in [4.69, 9.17) is 4.74 Å². The second kappa shape index (κ2) is 5.17. The van der Waals surface area contributed by atoms with Crippen LogP contribution in [0.1, 0.15) is 25.3 Å². The van der Waals surface area contributed by atoms with E-state index in [1.165, 1.54) is 6.92 Å². The van der Waals surface area contributed by atoms with Gasteiger partial charge in [0.1, 0.15) is 11.2 Å². The number of benzene rings is 1. The van der Waals surface area contributed by atoms with Crippen molar-refractivity contribution in [3.8, 4) is 0 Å². The van der Waals surface area contributed by atoms with Crippen molar-refractivity contribution in [2.24, 2.45) is 5.41 Å². The van der Waals surface area contributed by atoms with Crippen LogP contribution in [0.3, 0.4) is 0 Å². The fourth-order valence-corrected chi connectivity index (χ4v) is 2.17. The van der Waals surface area contributed by atoms with E-state index in [0.29, 0.717) is 19.4 Å². The Morgan fingerprint density at radius 3 is 2.67 bits per heavy atom. The number of rotatable bonds is 4. The summed E-state index contributed by atoms with van der Waals surface area (Å²) in [6.45, 7) is 1.81. The predicted octanol–water partition coefficient (Wildman–Crippen LogP) is 2.61. The highest BCUT2D eigenvalue weighted by atomic mass is 16.5. The smallest absolute Gasteiger partial charge is 0.320 e. The molecule has 0 aromatic heterocycles. The summed E-state index contributed by atoms with van der Waals surface area (Å²) in [7, 11) is 0. The average molecular weight is 244 g/mol. The minimum atomic E-state index is -0.953. The summed E-state index contributed by atoms with van der Waals surface area (Å²) in [4.78, 5) is 23.4. The highest BCUT2D eigenvalue weighted by molar-refractivity contribution is 6.03. The van der Waals surface area contributed by atoms with Crippen LogP contribution >= 0.6 is 0 Å². The molecular weight excluding hydrogens is 228 g/mol. The summed E-state index contributed by atoms with van der Waals surface area (Å²) < 4.78 is 4.94. The zero-order chi connectivity index (χ0) is 13.0. The Morgan fingerprint density at radius 2 is 2.11 bits per heavy atom. The van der Waals surface area contributed by atoms with Crippen LogP contribution < -0.4 is 0 Å². The Hall–Kier alpha value is -1.90. The zero-order valence-electron chi connectivity index (χ0n) is 10.4. The van der Waals surface area contributed by atoms with Crippen molar-refractivity contribution in [3.63, 3.8) is 0 Å². The predicted molar refractivity (Wildman–Crippen MR) is 68.8 cm³/mol. The number of hydrogen-bond acceptors (Lipinski definition) is 3. The van der Waals surface area contributed by atoms with Gasteiger partial charge in [0.2, 0.25) is 0 Å². The Morgan fingerprint density at radius 1 is 1.39 bits per heavy atom. The van der Waals surface area contributed by atoms with E-state index in [1.807, 2.05) is 42.5 Å². The molecule has 94 valence electrons. The second-order valence-corrected chi connectivity index (χ2v) is 4.54. The van der Waals surface area contributed by atoms with Crippen LogP contribution in [-0.4, -0.2) is 18.4 Å². The molecule has 0 amide bonds. The molecule has 1 aliphatic rings. The maximum absolute atomic E-state index is 11.7. The summed E-state index contributed by atoms with van der Waals surface area (Å²) in [6.07, 6.45) is 4.70. The molecule has 0 radical (unpaired) electrons. The molecule has 1 atom stereocenters. The first kappa shape index (κ1) is 12.6. The van der Waals surface area contributed by atoms with Crippen LogP contribution in [-0.2, 0) is 14.3 Å². The van der Waals surface area contributed by atoms with Gasteiger partial charge in [0.15, 0.2) is 0 Å². The van der Waals surface area contributed by atoms with Gasteiger partial charge in [-0.2, -0.15) is 0 Å². The lowest BCUT2D eigenvalue weighted by molar-refractivity contribution is -0.150. The molecule has 18 heavy (non-hydrogen) atoms. The van der Waals surface area contributed by atoms with Crippen LogP contribution in [0.25, 0.3) is 6.08 Å². The molecule has 0 spiro atoms. The van der Waals surface area contributed by atoms with E-state index >= 15 is 0 Å². The number of carbonyl (C=O) groups is 2. The number of hydrogen-bond donors (Lipinski definition) is 0. The van der Waals surface area contributed by atoms with E-state index in [1.54, 1.807) is 0 Å². The van der Waals surface area contributed by atoms with E-state index in [2.05, 4.69) is 0 Å². The Bertz CT molecular complexity index is 476. The monoisotopic (exact) mass is 244 g/mol. The van der Waals surface area contributed by atoms with Gasteiger partial charge in [-0.15, -0.1) is 0 Å². The normalized spacial score (nSPS) is 23.3. The molecule has 0 saturated carbocycles. The minimum absolute atomic E-state index is 0.109. The SMILES string of the molecule is CC(=O)[C@@]1(C/C=C/c2ccccc2)CCOC1=O. The standard InChI is InChI=1S/C15H16O3/c1-12(16)15(10-11-18-14(15)17)9-5-8-13-6-3-2-4-7-13/h2-8H,9-11H2,1H3/b8-5+/t15-/m1/s1. The number of ether oxygens (including phenoxy) is 1. The van der Waals surface area contributed by atoms with Crippen molar-refractivity contribution in [1.29, 1.82) is 0 Å². The van der Waals surface area contributed by atoms with Crippen LogP contribution in [0.2, 0.25) is 0 Å². The molecule has 1 saturated heterocycles. The molecule has 1 aliphatic heterocycles. The molecule has 1 fully saturated rings. The van der Waals surface area contributed by atoms with Gasteiger partial charge in [-0.3, -0.25) is 9.59 Å². The number of cyclic esters (lactones) is 1. The topological polar surface area (TPSA) is 43.4 Å². The van der Waals surface area contributed by atoms with Crippen LogP contribution in [0.5, 0.6) is 0 Å². The molecular formula is C15H16O3. The van der Waals surface area contributed by atoms with Crippen molar-refractivity contribution in [2.75, 3.05) is 6.61 Å². The lowest BCUT2D eigenvalue weighted by atomic mass is 9.79. The van der Waals surface area contributed by atoms with Crippen molar-refractivity contribution in [3.05, 3.63) is 42.0 Å². The summed E-state index contributed by atoms with van der Waals surface area (Å²) in [5.74, 6) is -0.490. The first-order valence-electron chi connectivity index (χ1n) is 6.05. The lowest BCUT2D eigenvalue weighted by Gasteiger charge is -2.18. The number of esters is 1. The molecule has 3 heteroatoms. The van der Waals surface area contributed by atoms with Crippen molar-refractivity contribution >= 4 is 17.8 Å². The maximum atomic E-state index is 11.7. The maximum Gasteiger partial charge on any atom is 0.320 e. The van der Waals surface area contributed by atoms with Gasteiger partial charge < -0.3 is 4.74 Å². The van der Waals surface area contributed by atoms with Crippen molar-refractivity contribution < 1.29 is 14.3 Å². The number of carbonyl (C=O) groups excluding carboxylic acids is 2. The molecule has 0 aliphatic carbocycles. The third kappa shape index (κ3) is 2.35. The third-order valence-electron chi connectivity index (χ3n) is 3.40. The Kier molecular flexibility index (Phi) is 3.60. The fraction of sp³-hybridized carbons (Fsp3) is 0.333. The molecule has 0 N–H and O–H groups in total. The van der Waals surface area contributed by atoms with Crippen molar-refractivity contribution in [2.45, 2.75) is 19.8 Å². The molecule has 0 bridgehead atoms. The summed E-state index contributed by atoms with van der Waals surface area (Å²) in [6, 6.07) is 9.80.